The van der Waals surface area contributed by atoms with E-state index in [9.17, 15) is 14.4 Å². The van der Waals surface area contributed by atoms with Crippen LogP contribution in [0, 0.1) is 11.8 Å². The Morgan fingerprint density at radius 1 is 1.32 bits per heavy atom. The normalized spacial score (nSPS) is 17.7. The average Bonchev–Trinajstić information content (AvgIpc) is 2.84. The molecule has 10 heteroatoms. The minimum Gasteiger partial charge on any atom is -0.480 e. The number of hydrogen-bond donors (Lipinski definition) is 5. The van der Waals surface area contributed by atoms with Gasteiger partial charge < -0.3 is 27.4 Å². The van der Waals surface area contributed by atoms with Gasteiger partial charge in [-0.15, -0.1) is 0 Å². The van der Waals surface area contributed by atoms with Crippen molar-refractivity contribution in [2.45, 2.75) is 45.6 Å². The van der Waals surface area contributed by atoms with Crippen molar-refractivity contribution in [3.8, 4) is 0 Å². The van der Waals surface area contributed by atoms with Gasteiger partial charge in [-0.25, -0.2) is 9.69 Å². The third-order valence-electron chi connectivity index (χ3n) is 3.59. The van der Waals surface area contributed by atoms with Gasteiger partial charge in [0, 0.05) is 19.0 Å². The first-order valence-corrected chi connectivity index (χ1v) is 8.14. The lowest BCUT2D eigenvalue weighted by atomic mass is 9.96. The number of nitrogens with two attached hydrogens (primary N) is 3. The summed E-state index contributed by atoms with van der Waals surface area (Å²) in [6, 6.07) is -0.820. The van der Waals surface area contributed by atoms with E-state index in [1.165, 1.54) is 0 Å². The van der Waals surface area contributed by atoms with Crippen LogP contribution in [0.4, 0.5) is 4.79 Å². The van der Waals surface area contributed by atoms with E-state index in [1.54, 1.807) is 0 Å². The standard InChI is InChI=1S/C9H15NO3.C6H14N4O2/c1-6(2)5-7-3-4-10(8(7)11)9(12)13;7-4(5(11)12)2-1-3-10-6(8)9/h6-7H,3-5H2,1-2H3,(H,12,13);4H,1-3,7H2,(H,11,12)(H4,8,9,10). The van der Waals surface area contributed by atoms with Gasteiger partial charge >= 0.3 is 12.1 Å². The Morgan fingerprint density at radius 3 is 2.32 bits per heavy atom. The van der Waals surface area contributed by atoms with Crippen LogP contribution in [-0.2, 0) is 9.59 Å². The molecule has 1 rings (SSSR count). The van der Waals surface area contributed by atoms with E-state index in [0.29, 0.717) is 38.3 Å². The molecule has 0 aromatic carbocycles. The fraction of sp³-hybridized carbons (Fsp3) is 0.733. The highest BCUT2D eigenvalue weighted by molar-refractivity contribution is 5.94. The quantitative estimate of drug-likeness (QED) is 0.239. The van der Waals surface area contributed by atoms with Crippen LogP contribution in [0.2, 0.25) is 0 Å². The summed E-state index contributed by atoms with van der Waals surface area (Å²) in [6.07, 6.45) is 1.32. The zero-order valence-corrected chi connectivity index (χ0v) is 14.7. The summed E-state index contributed by atoms with van der Waals surface area (Å²) < 4.78 is 0. The van der Waals surface area contributed by atoms with Crippen LogP contribution in [0.15, 0.2) is 4.99 Å². The van der Waals surface area contributed by atoms with Crippen LogP contribution < -0.4 is 17.2 Å². The maximum absolute atomic E-state index is 11.4. The minimum atomic E-state index is -1.11. The summed E-state index contributed by atoms with van der Waals surface area (Å²) in [7, 11) is 0. The zero-order chi connectivity index (χ0) is 19.6. The van der Waals surface area contributed by atoms with E-state index in [-0.39, 0.29) is 17.8 Å². The number of likely N-dealkylation sites (tertiary alicyclic amines) is 1. The number of guanidine groups is 1. The summed E-state index contributed by atoms with van der Waals surface area (Å²) in [5, 5.41) is 17.0. The SMILES string of the molecule is CC(C)CC1CCN(C(=O)O)C1=O.NC(N)=NCCCC(N)C(=O)O. The number of carboxylic acid groups (broad SMARTS) is 2. The number of carbonyl (C=O) groups excluding carboxylic acids is 1. The van der Waals surface area contributed by atoms with Gasteiger partial charge in [0.25, 0.3) is 0 Å². The molecule has 1 aliphatic rings. The summed E-state index contributed by atoms with van der Waals surface area (Å²) in [6.45, 7) is 4.86. The lowest BCUT2D eigenvalue weighted by Gasteiger charge is -2.12. The molecule has 1 saturated heterocycles. The van der Waals surface area contributed by atoms with Gasteiger partial charge in [0.15, 0.2) is 5.96 Å². The van der Waals surface area contributed by atoms with Crippen molar-refractivity contribution in [3.63, 3.8) is 0 Å². The van der Waals surface area contributed by atoms with Crippen LogP contribution >= 0.6 is 0 Å². The second kappa shape index (κ2) is 11.2. The second-order valence-electron chi connectivity index (χ2n) is 6.28. The van der Waals surface area contributed by atoms with Gasteiger partial charge in [-0.2, -0.15) is 0 Å². The predicted molar refractivity (Wildman–Crippen MR) is 92.8 cm³/mol. The first kappa shape index (κ1) is 22.6. The summed E-state index contributed by atoms with van der Waals surface area (Å²) in [5.41, 5.74) is 15.3. The maximum Gasteiger partial charge on any atom is 0.414 e. The molecular weight excluding hydrogens is 330 g/mol. The smallest absolute Gasteiger partial charge is 0.414 e. The predicted octanol–water partition coefficient (Wildman–Crippen LogP) is 0.0109. The molecule has 0 saturated carbocycles. The lowest BCUT2D eigenvalue weighted by molar-refractivity contribution is -0.138. The molecular formula is C15H29N5O5. The van der Waals surface area contributed by atoms with Crippen LogP contribution in [-0.4, -0.2) is 58.2 Å². The molecule has 1 heterocycles. The van der Waals surface area contributed by atoms with Crippen molar-refractivity contribution >= 4 is 23.9 Å². The van der Waals surface area contributed by atoms with Gasteiger partial charge in [0.05, 0.1) is 0 Å². The van der Waals surface area contributed by atoms with Crippen LogP contribution in [0.1, 0.15) is 39.5 Å². The van der Waals surface area contributed by atoms with Gasteiger partial charge in [0.2, 0.25) is 5.91 Å². The Hall–Kier alpha value is -2.36. The van der Waals surface area contributed by atoms with Crippen LogP contribution in [0.5, 0.6) is 0 Å². The number of nitrogens with zero attached hydrogens (tertiary/aromatic N) is 2. The van der Waals surface area contributed by atoms with E-state index >= 15 is 0 Å². The van der Waals surface area contributed by atoms with Crippen molar-refractivity contribution in [2.75, 3.05) is 13.1 Å². The molecule has 144 valence electrons. The number of aliphatic carboxylic acids is 1. The molecule has 2 atom stereocenters. The molecule has 10 nitrogen and oxygen atoms in total. The molecule has 2 amide bonds. The first-order chi connectivity index (χ1) is 11.6. The Kier molecular flexibility index (Phi) is 10.2. The number of rotatable bonds is 7. The van der Waals surface area contributed by atoms with Crippen molar-refractivity contribution in [1.82, 2.24) is 4.90 Å². The molecule has 1 aliphatic heterocycles. The van der Waals surface area contributed by atoms with Gasteiger partial charge in [-0.05, 0) is 31.6 Å². The van der Waals surface area contributed by atoms with E-state index in [0.717, 1.165) is 11.3 Å². The molecule has 0 aliphatic carbocycles. The highest BCUT2D eigenvalue weighted by atomic mass is 16.4. The molecule has 0 bridgehead atoms. The van der Waals surface area contributed by atoms with Gasteiger partial charge in [0.1, 0.15) is 6.04 Å². The summed E-state index contributed by atoms with van der Waals surface area (Å²) in [4.78, 5) is 36.8. The highest BCUT2D eigenvalue weighted by Crippen LogP contribution is 2.24. The highest BCUT2D eigenvalue weighted by Gasteiger charge is 2.35. The topological polar surface area (TPSA) is 185 Å². The fourth-order valence-electron chi connectivity index (χ4n) is 2.36. The molecule has 0 aromatic heterocycles. The number of carbonyl (C=O) groups is 3. The maximum atomic E-state index is 11.4. The second-order valence-corrected chi connectivity index (χ2v) is 6.28. The fourth-order valence-corrected chi connectivity index (χ4v) is 2.36. The molecule has 8 N–H and O–H groups in total. The molecule has 2 unspecified atom stereocenters. The first-order valence-electron chi connectivity index (χ1n) is 8.14. The number of carboxylic acids is 1. The van der Waals surface area contributed by atoms with Crippen LogP contribution in [0.25, 0.3) is 0 Å². The van der Waals surface area contributed by atoms with E-state index in [2.05, 4.69) is 4.99 Å². The third kappa shape index (κ3) is 9.50. The van der Waals surface area contributed by atoms with Crippen molar-refractivity contribution in [2.24, 2.45) is 34.0 Å². The van der Waals surface area contributed by atoms with Crippen molar-refractivity contribution < 1.29 is 24.6 Å². The molecule has 1 fully saturated rings. The Balaban J connectivity index is 0.000000463. The van der Waals surface area contributed by atoms with E-state index in [1.807, 2.05) is 13.8 Å². The zero-order valence-electron chi connectivity index (χ0n) is 14.7. The number of hydrogen-bond acceptors (Lipinski definition) is 5. The van der Waals surface area contributed by atoms with Crippen molar-refractivity contribution in [3.05, 3.63) is 0 Å². The van der Waals surface area contributed by atoms with E-state index < -0.39 is 18.1 Å². The van der Waals surface area contributed by atoms with E-state index in [4.69, 9.17) is 27.4 Å². The van der Waals surface area contributed by atoms with Gasteiger partial charge in [-0.3, -0.25) is 14.6 Å². The molecule has 0 radical (unpaired) electrons. The Bertz CT molecular complexity index is 491. The Labute approximate surface area is 147 Å². The van der Waals surface area contributed by atoms with Crippen molar-refractivity contribution in [1.29, 1.82) is 0 Å². The monoisotopic (exact) mass is 359 g/mol. The lowest BCUT2D eigenvalue weighted by Crippen LogP contribution is -2.32. The Morgan fingerprint density at radius 2 is 1.92 bits per heavy atom. The average molecular weight is 359 g/mol. The minimum absolute atomic E-state index is 0.0129. The van der Waals surface area contributed by atoms with Crippen LogP contribution in [0.3, 0.4) is 0 Å². The number of imide groups is 1. The number of aliphatic imine (C=N–C) groups is 1. The third-order valence-corrected chi connectivity index (χ3v) is 3.59. The molecule has 0 aromatic rings. The van der Waals surface area contributed by atoms with Gasteiger partial charge in [-0.1, -0.05) is 13.8 Å². The molecule has 0 spiro atoms. The number of amides is 2. The largest absolute Gasteiger partial charge is 0.480 e. The summed E-state index contributed by atoms with van der Waals surface area (Å²) in [5.74, 6) is -0.835. The molecule has 25 heavy (non-hydrogen) atoms. The summed E-state index contributed by atoms with van der Waals surface area (Å²) >= 11 is 0.